The van der Waals surface area contributed by atoms with E-state index in [9.17, 15) is 13.5 Å². The monoisotopic (exact) mass is 229 g/mol. The minimum Gasteiger partial charge on any atom is -0.506 e. The van der Waals surface area contributed by atoms with Crippen molar-refractivity contribution in [2.45, 2.75) is 25.5 Å². The van der Waals surface area contributed by atoms with E-state index < -0.39 is 14.8 Å². The molecule has 2 N–H and O–H groups in total. The lowest BCUT2D eigenvalue weighted by atomic mass is 10.3. The van der Waals surface area contributed by atoms with E-state index in [1.54, 1.807) is 32.9 Å². The summed E-state index contributed by atoms with van der Waals surface area (Å²) in [5.41, 5.74) is 0.201. The molecule has 0 saturated carbocycles. The molecule has 0 aliphatic heterocycles. The first kappa shape index (κ1) is 11.8. The van der Waals surface area contributed by atoms with Crippen molar-refractivity contribution in [2.75, 3.05) is 4.72 Å². The molecule has 0 aromatic heterocycles. The van der Waals surface area contributed by atoms with Crippen molar-refractivity contribution in [3.8, 4) is 5.75 Å². The van der Waals surface area contributed by atoms with Gasteiger partial charge in [-0.2, -0.15) is 0 Å². The second kappa shape index (κ2) is 3.73. The van der Waals surface area contributed by atoms with Gasteiger partial charge in [-0.25, -0.2) is 8.42 Å². The Morgan fingerprint density at radius 3 is 2.20 bits per heavy atom. The van der Waals surface area contributed by atoms with Crippen molar-refractivity contribution in [1.82, 2.24) is 0 Å². The molecule has 84 valence electrons. The minimum atomic E-state index is -3.48. The summed E-state index contributed by atoms with van der Waals surface area (Å²) in [5.74, 6) is -0.0784. The van der Waals surface area contributed by atoms with Crippen LogP contribution in [0.25, 0.3) is 0 Å². The van der Waals surface area contributed by atoms with E-state index in [4.69, 9.17) is 0 Å². The fourth-order valence-electron chi connectivity index (χ4n) is 0.858. The molecule has 0 aliphatic carbocycles. The molecule has 0 bridgehead atoms. The molecule has 0 unspecified atom stereocenters. The lowest BCUT2D eigenvalue weighted by Gasteiger charge is -2.20. The molecule has 1 rings (SSSR count). The van der Waals surface area contributed by atoms with Crippen molar-refractivity contribution in [3.63, 3.8) is 0 Å². The van der Waals surface area contributed by atoms with Crippen molar-refractivity contribution in [3.05, 3.63) is 24.3 Å². The number of benzene rings is 1. The van der Waals surface area contributed by atoms with Crippen molar-refractivity contribution >= 4 is 15.7 Å². The van der Waals surface area contributed by atoms with Gasteiger partial charge in [-0.3, -0.25) is 4.72 Å². The van der Waals surface area contributed by atoms with E-state index >= 15 is 0 Å². The zero-order valence-corrected chi connectivity index (χ0v) is 9.80. The number of nitrogens with one attached hydrogen (secondary N) is 1. The van der Waals surface area contributed by atoms with Gasteiger partial charge in [0.2, 0.25) is 10.0 Å². The molecule has 15 heavy (non-hydrogen) atoms. The van der Waals surface area contributed by atoms with Gasteiger partial charge in [0.05, 0.1) is 10.4 Å². The molecule has 0 saturated heterocycles. The van der Waals surface area contributed by atoms with Gasteiger partial charge in [-0.1, -0.05) is 12.1 Å². The average Bonchev–Trinajstić information content (AvgIpc) is 2.06. The molecule has 0 aliphatic rings. The molecule has 0 spiro atoms. The van der Waals surface area contributed by atoms with Crippen LogP contribution in [0.5, 0.6) is 5.75 Å². The van der Waals surface area contributed by atoms with Crippen molar-refractivity contribution < 1.29 is 13.5 Å². The maximum absolute atomic E-state index is 11.8. The highest BCUT2D eigenvalue weighted by molar-refractivity contribution is 7.94. The number of rotatable bonds is 2. The van der Waals surface area contributed by atoms with Crippen molar-refractivity contribution in [2.24, 2.45) is 0 Å². The van der Waals surface area contributed by atoms with Gasteiger partial charge < -0.3 is 5.11 Å². The van der Waals surface area contributed by atoms with E-state index in [1.165, 1.54) is 12.1 Å². The second-order valence-electron chi connectivity index (χ2n) is 4.24. The molecule has 5 heteroatoms. The lowest BCUT2D eigenvalue weighted by Crippen LogP contribution is -2.33. The normalized spacial score (nSPS) is 12.5. The smallest absolute Gasteiger partial charge is 0.237 e. The van der Waals surface area contributed by atoms with Crippen LogP contribution < -0.4 is 4.72 Å². The predicted octanol–water partition coefficient (Wildman–Crippen LogP) is 1.93. The standard InChI is InChI=1S/C10H15NO3S/c1-10(2,3)15(13,14)11-8-6-4-5-7-9(8)12/h4-7,11-12H,1-3H3. The van der Waals surface area contributed by atoms with Crippen molar-refractivity contribution in [1.29, 1.82) is 0 Å². The first-order chi connectivity index (χ1) is 6.74. The highest BCUT2D eigenvalue weighted by Gasteiger charge is 2.29. The van der Waals surface area contributed by atoms with Gasteiger partial charge in [-0.15, -0.1) is 0 Å². The van der Waals surface area contributed by atoms with Gasteiger partial charge in [0.25, 0.3) is 0 Å². The molecule has 0 heterocycles. The van der Waals surface area contributed by atoms with Crippen LogP contribution in [0.4, 0.5) is 5.69 Å². The molecular weight excluding hydrogens is 214 g/mol. The number of hydrogen-bond donors (Lipinski definition) is 2. The molecular formula is C10H15NO3S. The maximum Gasteiger partial charge on any atom is 0.237 e. The number of phenolic OH excluding ortho intramolecular Hbond substituents is 1. The van der Waals surface area contributed by atoms with E-state index in [2.05, 4.69) is 4.72 Å². The van der Waals surface area contributed by atoms with Gasteiger partial charge in [0, 0.05) is 0 Å². The number of sulfonamides is 1. The Bertz CT molecular complexity index is 446. The third-order valence-electron chi connectivity index (χ3n) is 1.95. The van der Waals surface area contributed by atoms with Gasteiger partial charge in [-0.05, 0) is 32.9 Å². The quantitative estimate of drug-likeness (QED) is 0.761. The Morgan fingerprint density at radius 1 is 1.20 bits per heavy atom. The summed E-state index contributed by atoms with van der Waals surface area (Å²) in [6, 6.07) is 6.23. The Kier molecular flexibility index (Phi) is 2.95. The Balaban J connectivity index is 3.03. The average molecular weight is 229 g/mol. The topological polar surface area (TPSA) is 66.4 Å². The molecule has 0 radical (unpaired) electrons. The van der Waals surface area contributed by atoms with Crippen LogP contribution in [0.15, 0.2) is 24.3 Å². The Labute approximate surface area is 90.0 Å². The molecule has 4 nitrogen and oxygen atoms in total. The second-order valence-corrected chi connectivity index (χ2v) is 6.67. The van der Waals surface area contributed by atoms with Crippen LogP contribution >= 0.6 is 0 Å². The fraction of sp³-hybridized carbons (Fsp3) is 0.400. The molecule has 0 fully saturated rings. The molecule has 0 atom stereocenters. The summed E-state index contributed by atoms with van der Waals surface area (Å²) in [4.78, 5) is 0. The number of phenols is 1. The summed E-state index contributed by atoms with van der Waals surface area (Å²) in [6.45, 7) is 4.78. The summed E-state index contributed by atoms with van der Waals surface area (Å²) >= 11 is 0. The largest absolute Gasteiger partial charge is 0.506 e. The first-order valence-electron chi connectivity index (χ1n) is 4.54. The first-order valence-corrected chi connectivity index (χ1v) is 6.03. The SMILES string of the molecule is CC(C)(C)S(=O)(=O)Nc1ccccc1O. The minimum absolute atomic E-state index is 0.0784. The molecule has 1 aromatic carbocycles. The van der Waals surface area contributed by atoms with Gasteiger partial charge in [0.15, 0.2) is 0 Å². The Hall–Kier alpha value is -1.23. The fourth-order valence-corrected chi connectivity index (χ4v) is 1.63. The summed E-state index contributed by atoms with van der Waals surface area (Å²) in [6.07, 6.45) is 0. The molecule has 1 aromatic rings. The van der Waals surface area contributed by atoms with Gasteiger partial charge in [0.1, 0.15) is 5.75 Å². The van der Waals surface area contributed by atoms with Crippen LogP contribution in [0.3, 0.4) is 0 Å². The van der Waals surface area contributed by atoms with E-state index in [1.807, 2.05) is 0 Å². The van der Waals surface area contributed by atoms with Crippen LogP contribution in [0.2, 0.25) is 0 Å². The predicted molar refractivity (Wildman–Crippen MR) is 60.4 cm³/mol. The highest BCUT2D eigenvalue weighted by atomic mass is 32.2. The summed E-state index contributed by atoms with van der Waals surface area (Å²) in [7, 11) is -3.48. The van der Waals surface area contributed by atoms with Crippen LogP contribution in [0.1, 0.15) is 20.8 Å². The van der Waals surface area contributed by atoms with Crippen LogP contribution in [0, 0.1) is 0 Å². The Morgan fingerprint density at radius 2 is 1.73 bits per heavy atom. The van der Waals surface area contributed by atoms with E-state index in [0.29, 0.717) is 0 Å². The van der Waals surface area contributed by atoms with E-state index in [0.717, 1.165) is 0 Å². The van der Waals surface area contributed by atoms with Crippen LogP contribution in [-0.2, 0) is 10.0 Å². The van der Waals surface area contributed by atoms with Gasteiger partial charge >= 0.3 is 0 Å². The number of aromatic hydroxyl groups is 1. The number of hydrogen-bond acceptors (Lipinski definition) is 3. The summed E-state index contributed by atoms with van der Waals surface area (Å²) in [5, 5.41) is 9.41. The third-order valence-corrected chi connectivity index (χ3v) is 4.06. The maximum atomic E-state index is 11.8. The number of para-hydroxylation sites is 2. The zero-order valence-electron chi connectivity index (χ0n) is 8.98. The highest BCUT2D eigenvalue weighted by Crippen LogP contribution is 2.26. The number of anilines is 1. The molecule has 0 amide bonds. The summed E-state index contributed by atoms with van der Waals surface area (Å²) < 4.78 is 24.9. The third kappa shape index (κ3) is 2.62. The zero-order chi connectivity index (χ0) is 11.7. The lowest BCUT2D eigenvalue weighted by molar-refractivity contribution is 0.477. The van der Waals surface area contributed by atoms with Crippen LogP contribution in [-0.4, -0.2) is 18.3 Å². The van der Waals surface area contributed by atoms with E-state index in [-0.39, 0.29) is 11.4 Å².